The van der Waals surface area contributed by atoms with Gasteiger partial charge in [0.15, 0.2) is 0 Å². The molecule has 4 heteroatoms. The van der Waals surface area contributed by atoms with Crippen molar-refractivity contribution in [3.05, 3.63) is 29.8 Å². The molecule has 3 nitrogen and oxygen atoms in total. The van der Waals surface area contributed by atoms with Gasteiger partial charge in [0.1, 0.15) is 12.4 Å². The zero-order valence-corrected chi connectivity index (χ0v) is 8.79. The summed E-state index contributed by atoms with van der Waals surface area (Å²) in [4.78, 5) is 10.5. The summed E-state index contributed by atoms with van der Waals surface area (Å²) in [6.45, 7) is 2.69. The summed E-state index contributed by atoms with van der Waals surface area (Å²) in [5.74, 6) is 0.740. The molecule has 0 aliphatic heterocycles. The molecule has 0 aliphatic carbocycles. The molecule has 0 spiro atoms. The van der Waals surface area contributed by atoms with Crippen molar-refractivity contribution < 1.29 is 14.3 Å². The fourth-order valence-electron chi connectivity index (χ4n) is 1.06. The van der Waals surface area contributed by atoms with E-state index in [1.165, 1.54) is 0 Å². The van der Waals surface area contributed by atoms with Gasteiger partial charge < -0.3 is 9.47 Å². The number of hydrogen-bond acceptors (Lipinski definition) is 3. The Hall–Kier alpha value is -1.16. The smallest absolute Gasteiger partial charge is 0.364 e. The Kier molecular flexibility index (Phi) is 4.32. The zero-order valence-electron chi connectivity index (χ0n) is 7.90. The normalized spacial score (nSPS) is 9.57. The average Bonchev–Trinajstić information content (AvgIpc) is 2.17. The first-order chi connectivity index (χ1) is 6.74. The highest BCUT2D eigenvalue weighted by atomic mass is 32.1. The van der Waals surface area contributed by atoms with E-state index in [1.807, 2.05) is 31.2 Å². The molecule has 0 fully saturated rings. The summed E-state index contributed by atoms with van der Waals surface area (Å²) < 4.78 is 10.1. The summed E-state index contributed by atoms with van der Waals surface area (Å²) in [5.41, 5.74) is 0.844. The summed E-state index contributed by atoms with van der Waals surface area (Å²) in [5, 5.41) is -0.587. The molecule has 14 heavy (non-hydrogen) atoms. The van der Waals surface area contributed by atoms with Gasteiger partial charge in [0.25, 0.3) is 0 Å². The van der Waals surface area contributed by atoms with Crippen LogP contribution in [0.15, 0.2) is 24.3 Å². The van der Waals surface area contributed by atoms with Crippen LogP contribution in [-0.2, 0) is 11.3 Å². The quantitative estimate of drug-likeness (QED) is 0.615. The molecule has 0 radical (unpaired) electrons. The molecular formula is C10H12O3S. The van der Waals surface area contributed by atoms with Crippen LogP contribution in [0.4, 0.5) is 4.79 Å². The van der Waals surface area contributed by atoms with E-state index >= 15 is 0 Å². The van der Waals surface area contributed by atoms with Crippen molar-refractivity contribution in [2.45, 2.75) is 13.5 Å². The van der Waals surface area contributed by atoms with E-state index in [0.29, 0.717) is 6.61 Å². The van der Waals surface area contributed by atoms with Gasteiger partial charge in [0.2, 0.25) is 0 Å². The second kappa shape index (κ2) is 5.54. The second-order valence-corrected chi connectivity index (χ2v) is 2.96. The number of carbonyl (C=O) groups is 1. The number of thiol groups is 1. The van der Waals surface area contributed by atoms with Crippen LogP contribution in [0.5, 0.6) is 5.75 Å². The van der Waals surface area contributed by atoms with E-state index < -0.39 is 5.30 Å². The van der Waals surface area contributed by atoms with Crippen molar-refractivity contribution in [1.82, 2.24) is 0 Å². The van der Waals surface area contributed by atoms with Gasteiger partial charge in [0.05, 0.1) is 6.61 Å². The van der Waals surface area contributed by atoms with Crippen LogP contribution in [0.3, 0.4) is 0 Å². The van der Waals surface area contributed by atoms with E-state index in [4.69, 9.17) is 9.47 Å². The van der Waals surface area contributed by atoms with Gasteiger partial charge in [-0.15, -0.1) is 0 Å². The fraction of sp³-hybridized carbons (Fsp3) is 0.300. The maximum atomic E-state index is 10.5. The molecule has 0 aliphatic rings. The number of ether oxygens (including phenoxy) is 2. The standard InChI is InChI=1S/C10H12O3S/c1-2-12-9-6-4-3-5-8(9)7-13-10(11)14/h3-6H,2,7H2,1H3,(H,11,14). The van der Waals surface area contributed by atoms with Crippen molar-refractivity contribution in [3.8, 4) is 5.75 Å². The topological polar surface area (TPSA) is 35.5 Å². The minimum Gasteiger partial charge on any atom is -0.493 e. The molecule has 0 unspecified atom stereocenters. The number of rotatable bonds is 4. The fourth-order valence-corrected chi connectivity index (χ4v) is 1.12. The molecule has 0 aromatic heterocycles. The van der Waals surface area contributed by atoms with E-state index in [1.54, 1.807) is 0 Å². The Morgan fingerprint density at radius 1 is 1.43 bits per heavy atom. The van der Waals surface area contributed by atoms with E-state index in [-0.39, 0.29) is 6.61 Å². The molecule has 1 aromatic carbocycles. The molecule has 0 saturated carbocycles. The van der Waals surface area contributed by atoms with Gasteiger partial charge >= 0.3 is 5.30 Å². The third-order valence-corrected chi connectivity index (χ3v) is 1.75. The van der Waals surface area contributed by atoms with Gasteiger partial charge in [-0.2, -0.15) is 0 Å². The molecule has 0 saturated heterocycles. The average molecular weight is 212 g/mol. The lowest BCUT2D eigenvalue weighted by Crippen LogP contribution is -2.00. The molecular weight excluding hydrogens is 200 g/mol. The predicted molar refractivity (Wildman–Crippen MR) is 56.8 cm³/mol. The minimum absolute atomic E-state index is 0.193. The number of benzene rings is 1. The zero-order chi connectivity index (χ0) is 10.4. The van der Waals surface area contributed by atoms with Gasteiger partial charge in [0, 0.05) is 5.56 Å². The van der Waals surface area contributed by atoms with Crippen molar-refractivity contribution in [3.63, 3.8) is 0 Å². The lowest BCUT2D eigenvalue weighted by atomic mass is 10.2. The molecule has 1 aromatic rings. The van der Waals surface area contributed by atoms with Gasteiger partial charge in [-0.3, -0.25) is 0 Å². The molecule has 0 bridgehead atoms. The highest BCUT2D eigenvalue weighted by molar-refractivity contribution is 7.96. The molecule has 76 valence electrons. The Morgan fingerprint density at radius 3 is 2.79 bits per heavy atom. The van der Waals surface area contributed by atoms with Gasteiger partial charge in [-0.25, -0.2) is 4.79 Å². The lowest BCUT2D eigenvalue weighted by molar-refractivity contribution is 0.167. The number of para-hydroxylation sites is 1. The van der Waals surface area contributed by atoms with Crippen LogP contribution in [0, 0.1) is 0 Å². The molecule has 1 rings (SSSR count). The van der Waals surface area contributed by atoms with Crippen molar-refractivity contribution in [2.75, 3.05) is 6.61 Å². The van der Waals surface area contributed by atoms with Gasteiger partial charge in [-0.05, 0) is 13.0 Å². The third-order valence-electron chi connectivity index (χ3n) is 1.62. The van der Waals surface area contributed by atoms with Crippen LogP contribution >= 0.6 is 12.6 Å². The Morgan fingerprint density at radius 2 is 2.14 bits per heavy atom. The SMILES string of the molecule is CCOc1ccccc1COC(=O)S. The van der Waals surface area contributed by atoms with Crippen molar-refractivity contribution in [1.29, 1.82) is 0 Å². The highest BCUT2D eigenvalue weighted by Gasteiger charge is 2.03. The van der Waals surface area contributed by atoms with Gasteiger partial charge in [-0.1, -0.05) is 30.8 Å². The number of hydrogen-bond donors (Lipinski definition) is 1. The summed E-state index contributed by atoms with van der Waals surface area (Å²) >= 11 is 3.51. The van der Waals surface area contributed by atoms with E-state index in [2.05, 4.69) is 12.6 Å². The number of carbonyl (C=O) groups excluding carboxylic acids is 1. The Bertz CT molecular complexity index is 312. The molecule has 0 amide bonds. The lowest BCUT2D eigenvalue weighted by Gasteiger charge is -2.08. The summed E-state index contributed by atoms with van der Waals surface area (Å²) in [6, 6.07) is 7.42. The van der Waals surface area contributed by atoms with Crippen molar-refractivity contribution >= 4 is 17.9 Å². The Labute approximate surface area is 88.4 Å². The summed E-state index contributed by atoms with van der Waals surface area (Å²) in [6.07, 6.45) is 0. The largest absolute Gasteiger partial charge is 0.493 e. The first kappa shape index (κ1) is 10.9. The van der Waals surface area contributed by atoms with Crippen LogP contribution in [0.2, 0.25) is 0 Å². The Balaban J connectivity index is 2.68. The molecule has 0 atom stereocenters. The summed E-state index contributed by atoms with van der Waals surface area (Å²) in [7, 11) is 0. The van der Waals surface area contributed by atoms with E-state index in [0.717, 1.165) is 11.3 Å². The van der Waals surface area contributed by atoms with Crippen LogP contribution in [0.1, 0.15) is 12.5 Å². The van der Waals surface area contributed by atoms with Crippen LogP contribution < -0.4 is 4.74 Å². The maximum absolute atomic E-state index is 10.5. The first-order valence-corrected chi connectivity index (χ1v) is 4.75. The van der Waals surface area contributed by atoms with Crippen LogP contribution in [-0.4, -0.2) is 11.9 Å². The van der Waals surface area contributed by atoms with Crippen molar-refractivity contribution in [2.24, 2.45) is 0 Å². The maximum Gasteiger partial charge on any atom is 0.364 e. The highest BCUT2D eigenvalue weighted by Crippen LogP contribution is 2.18. The monoisotopic (exact) mass is 212 g/mol. The third kappa shape index (κ3) is 3.30. The van der Waals surface area contributed by atoms with Crippen LogP contribution in [0.25, 0.3) is 0 Å². The predicted octanol–water partition coefficient (Wildman–Crippen LogP) is 2.65. The van der Waals surface area contributed by atoms with E-state index in [9.17, 15) is 4.79 Å². The molecule has 0 N–H and O–H groups in total. The first-order valence-electron chi connectivity index (χ1n) is 4.30. The second-order valence-electron chi connectivity index (χ2n) is 2.60. The molecule has 0 heterocycles. The minimum atomic E-state index is -0.587.